The third-order valence-corrected chi connectivity index (χ3v) is 2.85. The average Bonchev–Trinajstić information content (AvgIpc) is 2.89. The van der Waals surface area contributed by atoms with Gasteiger partial charge >= 0.3 is 5.97 Å². The number of hydrogen-bond acceptors (Lipinski definition) is 5. The summed E-state index contributed by atoms with van der Waals surface area (Å²) in [6.45, 7) is 0.271. The molecule has 0 saturated heterocycles. The molecule has 112 valence electrons. The van der Waals surface area contributed by atoms with E-state index in [0.29, 0.717) is 17.2 Å². The van der Waals surface area contributed by atoms with E-state index in [0.717, 1.165) is 5.56 Å². The van der Waals surface area contributed by atoms with Crippen LogP contribution in [0, 0.1) is 0 Å². The van der Waals surface area contributed by atoms with Crippen LogP contribution in [0.25, 0.3) is 0 Å². The first-order valence-corrected chi connectivity index (χ1v) is 6.14. The van der Waals surface area contributed by atoms with Gasteiger partial charge in [0.1, 0.15) is 6.61 Å². The summed E-state index contributed by atoms with van der Waals surface area (Å²) >= 11 is 0. The van der Waals surface area contributed by atoms with Gasteiger partial charge in [0, 0.05) is 18.8 Å². The van der Waals surface area contributed by atoms with E-state index in [1.807, 2.05) is 13.2 Å². The predicted molar refractivity (Wildman–Crippen MR) is 74.0 cm³/mol. The van der Waals surface area contributed by atoms with E-state index < -0.39 is 5.97 Å². The van der Waals surface area contributed by atoms with Crippen molar-refractivity contribution < 1.29 is 24.1 Å². The van der Waals surface area contributed by atoms with Gasteiger partial charge < -0.3 is 19.3 Å². The molecule has 1 aromatic carbocycles. The highest BCUT2D eigenvalue weighted by Crippen LogP contribution is 2.39. The zero-order valence-corrected chi connectivity index (χ0v) is 12.0. The molecule has 0 aliphatic rings. The van der Waals surface area contributed by atoms with E-state index in [1.165, 1.54) is 26.4 Å². The molecule has 1 heterocycles. The predicted octanol–water partition coefficient (Wildman–Crippen LogP) is 1.71. The molecule has 7 heteroatoms. The molecule has 0 unspecified atom stereocenters. The fraction of sp³-hybridized carbons (Fsp3) is 0.286. The minimum atomic E-state index is -1.06. The highest BCUT2D eigenvalue weighted by molar-refractivity contribution is 5.89. The van der Waals surface area contributed by atoms with Gasteiger partial charge in [-0.2, -0.15) is 5.10 Å². The third kappa shape index (κ3) is 3.25. The molecule has 0 bridgehead atoms. The number of rotatable bonds is 6. The summed E-state index contributed by atoms with van der Waals surface area (Å²) in [5.74, 6) is -0.106. The first-order valence-electron chi connectivity index (χ1n) is 6.14. The maximum absolute atomic E-state index is 11.1. The van der Waals surface area contributed by atoms with Gasteiger partial charge in [0.05, 0.1) is 26.0 Å². The van der Waals surface area contributed by atoms with Gasteiger partial charge in [-0.15, -0.1) is 0 Å². The van der Waals surface area contributed by atoms with Gasteiger partial charge in [0.25, 0.3) is 0 Å². The topological polar surface area (TPSA) is 82.8 Å². The Kier molecular flexibility index (Phi) is 4.32. The zero-order chi connectivity index (χ0) is 15.4. The van der Waals surface area contributed by atoms with Crippen molar-refractivity contribution in [2.75, 3.05) is 14.2 Å². The first kappa shape index (κ1) is 14.7. The largest absolute Gasteiger partial charge is 0.493 e. The number of hydrogen-bond donors (Lipinski definition) is 1. The number of aromatic nitrogens is 2. The Labute approximate surface area is 121 Å². The highest BCUT2D eigenvalue weighted by atomic mass is 16.5. The van der Waals surface area contributed by atoms with E-state index >= 15 is 0 Å². The number of nitrogens with zero attached hydrogens (tertiary/aromatic N) is 2. The molecule has 7 nitrogen and oxygen atoms in total. The van der Waals surface area contributed by atoms with Crippen LogP contribution in [0.2, 0.25) is 0 Å². The molecule has 1 aromatic heterocycles. The monoisotopic (exact) mass is 292 g/mol. The summed E-state index contributed by atoms with van der Waals surface area (Å²) < 4.78 is 17.7. The van der Waals surface area contributed by atoms with Gasteiger partial charge in [-0.1, -0.05) is 0 Å². The summed E-state index contributed by atoms with van der Waals surface area (Å²) in [6.07, 6.45) is 3.51. The van der Waals surface area contributed by atoms with Crippen molar-refractivity contribution >= 4 is 5.97 Å². The van der Waals surface area contributed by atoms with E-state index in [1.54, 1.807) is 10.9 Å². The molecular weight excluding hydrogens is 276 g/mol. The number of carboxylic acid groups (broad SMARTS) is 1. The molecule has 2 aromatic rings. The quantitative estimate of drug-likeness (QED) is 0.872. The fourth-order valence-electron chi connectivity index (χ4n) is 1.85. The smallest absolute Gasteiger partial charge is 0.335 e. The lowest BCUT2D eigenvalue weighted by atomic mass is 10.2. The van der Waals surface area contributed by atoms with Crippen molar-refractivity contribution in [2.45, 2.75) is 6.61 Å². The second kappa shape index (κ2) is 6.17. The van der Waals surface area contributed by atoms with E-state index in [2.05, 4.69) is 5.10 Å². The Morgan fingerprint density at radius 1 is 1.29 bits per heavy atom. The van der Waals surface area contributed by atoms with Crippen LogP contribution in [0.15, 0.2) is 24.5 Å². The van der Waals surface area contributed by atoms with Crippen molar-refractivity contribution in [3.05, 3.63) is 35.7 Å². The summed E-state index contributed by atoms with van der Waals surface area (Å²) in [5.41, 5.74) is 0.946. The van der Waals surface area contributed by atoms with E-state index in [9.17, 15) is 4.79 Å². The van der Waals surface area contributed by atoms with Gasteiger partial charge in [0.15, 0.2) is 11.5 Å². The van der Waals surface area contributed by atoms with Crippen molar-refractivity contribution in [2.24, 2.45) is 7.05 Å². The summed E-state index contributed by atoms with van der Waals surface area (Å²) in [5, 5.41) is 13.1. The van der Waals surface area contributed by atoms with Crippen LogP contribution >= 0.6 is 0 Å². The summed E-state index contributed by atoms with van der Waals surface area (Å²) in [4.78, 5) is 11.1. The lowest BCUT2D eigenvalue weighted by Crippen LogP contribution is -2.03. The van der Waals surface area contributed by atoms with Crippen molar-refractivity contribution in [1.82, 2.24) is 9.78 Å². The fourth-order valence-corrected chi connectivity index (χ4v) is 1.85. The number of carboxylic acids is 1. The lowest BCUT2D eigenvalue weighted by molar-refractivity contribution is 0.0696. The van der Waals surface area contributed by atoms with Crippen LogP contribution in [-0.4, -0.2) is 35.1 Å². The van der Waals surface area contributed by atoms with Crippen LogP contribution < -0.4 is 14.2 Å². The molecule has 0 aliphatic heterocycles. The van der Waals surface area contributed by atoms with Crippen LogP contribution in [0.3, 0.4) is 0 Å². The molecular formula is C14H16N2O5. The minimum absolute atomic E-state index is 0.0671. The van der Waals surface area contributed by atoms with E-state index in [4.69, 9.17) is 19.3 Å². The van der Waals surface area contributed by atoms with Gasteiger partial charge in [0.2, 0.25) is 5.75 Å². The first-order chi connectivity index (χ1) is 10.0. The van der Waals surface area contributed by atoms with Crippen molar-refractivity contribution in [3.63, 3.8) is 0 Å². The lowest BCUT2D eigenvalue weighted by Gasteiger charge is -2.14. The minimum Gasteiger partial charge on any atom is -0.493 e. The van der Waals surface area contributed by atoms with Gasteiger partial charge in [-0.25, -0.2) is 4.79 Å². The zero-order valence-electron chi connectivity index (χ0n) is 12.0. The molecule has 0 aliphatic carbocycles. The molecule has 0 amide bonds. The average molecular weight is 292 g/mol. The maximum atomic E-state index is 11.1. The van der Waals surface area contributed by atoms with Crippen LogP contribution in [0.1, 0.15) is 15.9 Å². The second-order valence-corrected chi connectivity index (χ2v) is 4.33. The Hall–Kier alpha value is -2.70. The Morgan fingerprint density at radius 3 is 2.33 bits per heavy atom. The van der Waals surface area contributed by atoms with E-state index in [-0.39, 0.29) is 12.2 Å². The van der Waals surface area contributed by atoms with Gasteiger partial charge in [-0.3, -0.25) is 4.68 Å². The number of aryl methyl sites for hydroxylation is 1. The third-order valence-electron chi connectivity index (χ3n) is 2.85. The molecule has 21 heavy (non-hydrogen) atoms. The normalized spacial score (nSPS) is 10.2. The van der Waals surface area contributed by atoms with Crippen LogP contribution in [0.5, 0.6) is 17.2 Å². The summed E-state index contributed by atoms with van der Waals surface area (Å²) in [7, 11) is 4.70. The Balaban J connectivity index is 2.30. The SMILES string of the molecule is COc1cc(C(=O)O)cc(OC)c1OCc1cnn(C)c1. The molecule has 0 spiro atoms. The molecule has 1 N–H and O–H groups in total. The summed E-state index contributed by atoms with van der Waals surface area (Å²) in [6, 6.07) is 2.78. The van der Waals surface area contributed by atoms with Crippen molar-refractivity contribution in [1.29, 1.82) is 0 Å². The van der Waals surface area contributed by atoms with Crippen LogP contribution in [-0.2, 0) is 13.7 Å². The Bertz CT molecular complexity index is 626. The number of benzene rings is 1. The number of methoxy groups -OCH3 is 2. The molecule has 0 fully saturated rings. The van der Waals surface area contributed by atoms with Crippen molar-refractivity contribution in [3.8, 4) is 17.2 Å². The highest BCUT2D eigenvalue weighted by Gasteiger charge is 2.17. The Morgan fingerprint density at radius 2 is 1.90 bits per heavy atom. The molecule has 0 radical (unpaired) electrons. The number of carbonyl (C=O) groups is 1. The standard InChI is InChI=1S/C14H16N2O5/c1-16-7-9(6-15-16)8-21-13-11(19-2)4-10(14(17)18)5-12(13)20-3/h4-7H,8H2,1-3H3,(H,17,18). The number of aromatic carboxylic acids is 1. The molecule has 0 saturated carbocycles. The molecule has 0 atom stereocenters. The molecule has 2 rings (SSSR count). The maximum Gasteiger partial charge on any atom is 0.335 e. The number of ether oxygens (including phenoxy) is 3. The second-order valence-electron chi connectivity index (χ2n) is 4.33. The van der Waals surface area contributed by atoms with Crippen LogP contribution in [0.4, 0.5) is 0 Å². The van der Waals surface area contributed by atoms with Gasteiger partial charge in [-0.05, 0) is 12.1 Å².